The fourth-order valence-electron chi connectivity index (χ4n) is 4.07. The maximum atomic E-state index is 10.5. The van der Waals surface area contributed by atoms with E-state index in [1.165, 1.54) is 25.7 Å². The Hall–Kier alpha value is -0.120. The van der Waals surface area contributed by atoms with Crippen LogP contribution in [0.1, 0.15) is 66.2 Å². The molecule has 0 amide bonds. The highest BCUT2D eigenvalue weighted by molar-refractivity contribution is 4.92. The van der Waals surface area contributed by atoms with Crippen molar-refractivity contribution < 1.29 is 9.84 Å². The Kier molecular flexibility index (Phi) is 6.10. The van der Waals surface area contributed by atoms with Crippen LogP contribution in [0.25, 0.3) is 0 Å². The van der Waals surface area contributed by atoms with Crippen molar-refractivity contribution in [2.75, 3.05) is 19.7 Å². The standard InChI is InChI=1S/C18H35NO2/c1-5-18(3,4)14-9-10-17(20)16(12-14)19(6-2)13-15-8-7-11-21-15/h14-17,20H,5-13H2,1-4H3. The third-order valence-corrected chi connectivity index (χ3v) is 6.13. The molecule has 1 N–H and O–H groups in total. The lowest BCUT2D eigenvalue weighted by molar-refractivity contribution is -0.0354. The highest BCUT2D eigenvalue weighted by atomic mass is 16.5. The lowest BCUT2D eigenvalue weighted by Crippen LogP contribution is -2.51. The van der Waals surface area contributed by atoms with Crippen molar-refractivity contribution in [2.24, 2.45) is 11.3 Å². The van der Waals surface area contributed by atoms with Crippen molar-refractivity contribution in [1.82, 2.24) is 4.90 Å². The SMILES string of the molecule is CCN(CC1CCCO1)C1CC(C(C)(C)CC)CCC1O. The second-order valence-corrected chi connectivity index (χ2v) is 7.71. The first-order chi connectivity index (χ1) is 9.97. The average molecular weight is 297 g/mol. The van der Waals surface area contributed by atoms with Crippen LogP contribution in [-0.4, -0.2) is 48.0 Å². The topological polar surface area (TPSA) is 32.7 Å². The zero-order valence-electron chi connectivity index (χ0n) is 14.5. The predicted octanol–water partition coefficient (Wildman–Crippen LogP) is 3.45. The van der Waals surface area contributed by atoms with E-state index < -0.39 is 0 Å². The molecule has 0 aromatic heterocycles. The number of nitrogens with zero attached hydrogens (tertiary/aromatic N) is 1. The number of rotatable bonds is 6. The predicted molar refractivity (Wildman–Crippen MR) is 87.4 cm³/mol. The zero-order valence-corrected chi connectivity index (χ0v) is 14.5. The van der Waals surface area contributed by atoms with Gasteiger partial charge in [0.05, 0.1) is 12.2 Å². The maximum absolute atomic E-state index is 10.5. The van der Waals surface area contributed by atoms with Gasteiger partial charge >= 0.3 is 0 Å². The first kappa shape index (κ1) is 17.2. The van der Waals surface area contributed by atoms with E-state index in [4.69, 9.17) is 4.74 Å². The van der Waals surface area contributed by atoms with Gasteiger partial charge in [0.25, 0.3) is 0 Å². The van der Waals surface area contributed by atoms with E-state index in [1.807, 2.05) is 0 Å². The van der Waals surface area contributed by atoms with Crippen LogP contribution in [0.4, 0.5) is 0 Å². The van der Waals surface area contributed by atoms with Crippen LogP contribution in [0.15, 0.2) is 0 Å². The smallest absolute Gasteiger partial charge is 0.0702 e. The van der Waals surface area contributed by atoms with Gasteiger partial charge in [-0.25, -0.2) is 0 Å². The summed E-state index contributed by atoms with van der Waals surface area (Å²) in [6.07, 6.45) is 7.11. The minimum atomic E-state index is -0.157. The molecule has 124 valence electrons. The number of likely N-dealkylation sites (N-methyl/N-ethyl adjacent to an activating group) is 1. The first-order valence-electron chi connectivity index (χ1n) is 9.01. The summed E-state index contributed by atoms with van der Waals surface area (Å²) in [5.41, 5.74) is 0.391. The highest BCUT2D eigenvalue weighted by Gasteiger charge is 2.39. The molecule has 0 aromatic rings. The Morgan fingerprint density at radius 2 is 1.95 bits per heavy atom. The molecule has 1 aliphatic heterocycles. The summed E-state index contributed by atoms with van der Waals surface area (Å²) >= 11 is 0. The Morgan fingerprint density at radius 3 is 2.52 bits per heavy atom. The molecule has 4 atom stereocenters. The molecule has 1 saturated carbocycles. The lowest BCUT2D eigenvalue weighted by Gasteiger charge is -2.45. The van der Waals surface area contributed by atoms with E-state index in [1.54, 1.807) is 0 Å². The Morgan fingerprint density at radius 1 is 1.19 bits per heavy atom. The van der Waals surface area contributed by atoms with Crippen LogP contribution in [0, 0.1) is 11.3 Å². The highest BCUT2D eigenvalue weighted by Crippen LogP contribution is 2.41. The molecule has 3 nitrogen and oxygen atoms in total. The second kappa shape index (κ2) is 7.43. The Bertz CT molecular complexity index is 312. The van der Waals surface area contributed by atoms with Crippen molar-refractivity contribution in [2.45, 2.75) is 84.5 Å². The fourth-order valence-corrected chi connectivity index (χ4v) is 4.07. The van der Waals surface area contributed by atoms with E-state index in [0.717, 1.165) is 38.5 Å². The van der Waals surface area contributed by atoms with Crippen LogP contribution in [-0.2, 0) is 4.74 Å². The number of hydrogen-bond donors (Lipinski definition) is 1. The molecule has 0 spiro atoms. The summed E-state index contributed by atoms with van der Waals surface area (Å²) < 4.78 is 5.80. The van der Waals surface area contributed by atoms with Gasteiger partial charge in [-0.05, 0) is 50.0 Å². The van der Waals surface area contributed by atoms with Gasteiger partial charge in [0, 0.05) is 19.2 Å². The van der Waals surface area contributed by atoms with Gasteiger partial charge in [-0.15, -0.1) is 0 Å². The van der Waals surface area contributed by atoms with Gasteiger partial charge in [0.2, 0.25) is 0 Å². The van der Waals surface area contributed by atoms with Crippen LogP contribution in [0.2, 0.25) is 0 Å². The molecular formula is C18H35NO2. The van der Waals surface area contributed by atoms with E-state index >= 15 is 0 Å². The Balaban J connectivity index is 1.99. The molecule has 4 unspecified atom stereocenters. The summed E-state index contributed by atoms with van der Waals surface area (Å²) in [7, 11) is 0. The third-order valence-electron chi connectivity index (χ3n) is 6.13. The summed E-state index contributed by atoms with van der Waals surface area (Å²) in [4.78, 5) is 2.48. The van der Waals surface area contributed by atoms with Crippen molar-refractivity contribution in [3.8, 4) is 0 Å². The van der Waals surface area contributed by atoms with Crippen molar-refractivity contribution in [3.63, 3.8) is 0 Å². The normalized spacial score (nSPS) is 34.6. The van der Waals surface area contributed by atoms with Gasteiger partial charge in [0.1, 0.15) is 0 Å². The van der Waals surface area contributed by atoms with Gasteiger partial charge in [-0.3, -0.25) is 4.90 Å². The fraction of sp³-hybridized carbons (Fsp3) is 1.00. The number of aliphatic hydroxyl groups is 1. The molecule has 3 heteroatoms. The molecule has 2 aliphatic rings. The Labute approximate surface area is 131 Å². The quantitative estimate of drug-likeness (QED) is 0.815. The molecule has 2 fully saturated rings. The molecular weight excluding hydrogens is 262 g/mol. The molecule has 1 saturated heterocycles. The molecule has 0 aromatic carbocycles. The van der Waals surface area contributed by atoms with E-state index in [0.29, 0.717) is 17.6 Å². The van der Waals surface area contributed by atoms with Crippen molar-refractivity contribution in [1.29, 1.82) is 0 Å². The molecule has 0 radical (unpaired) electrons. The molecule has 21 heavy (non-hydrogen) atoms. The maximum Gasteiger partial charge on any atom is 0.0702 e. The summed E-state index contributed by atoms with van der Waals surface area (Å²) in [6, 6.07) is 0.323. The van der Waals surface area contributed by atoms with E-state index in [2.05, 4.69) is 32.6 Å². The molecule has 2 rings (SSSR count). The van der Waals surface area contributed by atoms with Gasteiger partial charge < -0.3 is 9.84 Å². The van der Waals surface area contributed by atoms with Crippen LogP contribution >= 0.6 is 0 Å². The summed E-state index contributed by atoms with van der Waals surface area (Å²) in [5.74, 6) is 0.731. The van der Waals surface area contributed by atoms with Crippen molar-refractivity contribution in [3.05, 3.63) is 0 Å². The van der Waals surface area contributed by atoms with E-state index in [9.17, 15) is 5.11 Å². The first-order valence-corrected chi connectivity index (χ1v) is 9.01. The van der Waals surface area contributed by atoms with Crippen molar-refractivity contribution >= 4 is 0 Å². The van der Waals surface area contributed by atoms with Crippen LogP contribution in [0.3, 0.4) is 0 Å². The second-order valence-electron chi connectivity index (χ2n) is 7.71. The molecule has 0 bridgehead atoms. The summed E-state index contributed by atoms with van der Waals surface area (Å²) in [5, 5.41) is 10.5. The van der Waals surface area contributed by atoms with Gasteiger partial charge in [-0.2, -0.15) is 0 Å². The number of aliphatic hydroxyl groups excluding tert-OH is 1. The zero-order chi connectivity index (χ0) is 15.5. The number of ether oxygens (including phenoxy) is 1. The van der Waals surface area contributed by atoms with Crippen LogP contribution in [0.5, 0.6) is 0 Å². The largest absolute Gasteiger partial charge is 0.391 e. The third kappa shape index (κ3) is 4.20. The van der Waals surface area contributed by atoms with E-state index in [-0.39, 0.29) is 6.10 Å². The molecule has 1 heterocycles. The minimum absolute atomic E-state index is 0.157. The monoisotopic (exact) mass is 297 g/mol. The summed E-state index contributed by atoms with van der Waals surface area (Å²) in [6.45, 7) is 12.2. The lowest BCUT2D eigenvalue weighted by atomic mass is 9.67. The number of hydrogen-bond acceptors (Lipinski definition) is 3. The van der Waals surface area contributed by atoms with Gasteiger partial charge in [-0.1, -0.05) is 34.1 Å². The molecule has 1 aliphatic carbocycles. The van der Waals surface area contributed by atoms with Gasteiger partial charge in [0.15, 0.2) is 0 Å². The average Bonchev–Trinajstić information content (AvgIpc) is 2.98. The minimum Gasteiger partial charge on any atom is -0.391 e. The van der Waals surface area contributed by atoms with Crippen LogP contribution < -0.4 is 0 Å².